The van der Waals surface area contributed by atoms with Gasteiger partial charge in [0.2, 0.25) is 5.91 Å². The van der Waals surface area contributed by atoms with Crippen molar-refractivity contribution in [1.82, 2.24) is 4.90 Å². The number of hydrogen-bond donors (Lipinski definition) is 1. The quantitative estimate of drug-likeness (QED) is 0.867. The van der Waals surface area contributed by atoms with Gasteiger partial charge < -0.3 is 10.1 Å². The molecule has 0 fully saturated rings. The molecule has 0 spiro atoms. The van der Waals surface area contributed by atoms with E-state index < -0.39 is 6.04 Å². The van der Waals surface area contributed by atoms with Crippen molar-refractivity contribution in [2.24, 2.45) is 0 Å². The largest absolute Gasteiger partial charge is 0.468 e. The van der Waals surface area contributed by atoms with E-state index in [-0.39, 0.29) is 24.2 Å². The summed E-state index contributed by atoms with van der Waals surface area (Å²) in [4.78, 5) is 26.3. The van der Waals surface area contributed by atoms with E-state index in [1.807, 2.05) is 24.3 Å². The van der Waals surface area contributed by atoms with E-state index in [1.165, 1.54) is 31.4 Å². The van der Waals surface area contributed by atoms with Gasteiger partial charge >= 0.3 is 5.97 Å². The second kappa shape index (κ2) is 7.44. The SMILES string of the molecule is COC(=O)[C@H]1Cc2ccccc2CN1CC(=O)Nc1ccc(F)cc1. The van der Waals surface area contributed by atoms with Crippen molar-refractivity contribution in [2.45, 2.75) is 19.0 Å². The molecule has 5 nitrogen and oxygen atoms in total. The highest BCUT2D eigenvalue weighted by atomic mass is 19.1. The number of hydrogen-bond acceptors (Lipinski definition) is 4. The predicted octanol–water partition coefficient (Wildman–Crippen LogP) is 2.36. The predicted molar refractivity (Wildman–Crippen MR) is 91.4 cm³/mol. The van der Waals surface area contributed by atoms with Gasteiger partial charge in [0.15, 0.2) is 0 Å². The number of carbonyl (C=O) groups is 2. The highest BCUT2D eigenvalue weighted by molar-refractivity contribution is 5.92. The summed E-state index contributed by atoms with van der Waals surface area (Å²) in [6.45, 7) is 0.540. The van der Waals surface area contributed by atoms with Gasteiger partial charge in [0.05, 0.1) is 13.7 Å². The molecular formula is C19H19FN2O3. The number of ether oxygens (including phenoxy) is 1. The van der Waals surface area contributed by atoms with E-state index in [0.29, 0.717) is 18.7 Å². The number of rotatable bonds is 4. The Balaban J connectivity index is 1.73. The van der Waals surface area contributed by atoms with Crippen molar-refractivity contribution in [1.29, 1.82) is 0 Å². The highest BCUT2D eigenvalue weighted by Gasteiger charge is 2.33. The molecule has 2 aromatic rings. The van der Waals surface area contributed by atoms with E-state index in [2.05, 4.69) is 5.32 Å². The number of nitrogens with one attached hydrogen (secondary N) is 1. The second-order valence-corrected chi connectivity index (χ2v) is 5.97. The second-order valence-electron chi connectivity index (χ2n) is 5.97. The molecule has 130 valence electrons. The average Bonchev–Trinajstić information content (AvgIpc) is 2.62. The van der Waals surface area contributed by atoms with Crippen molar-refractivity contribution in [3.05, 3.63) is 65.5 Å². The number of nitrogens with zero attached hydrogens (tertiary/aromatic N) is 1. The van der Waals surface area contributed by atoms with Crippen LogP contribution in [0.1, 0.15) is 11.1 Å². The maximum Gasteiger partial charge on any atom is 0.323 e. The highest BCUT2D eigenvalue weighted by Crippen LogP contribution is 2.24. The number of carbonyl (C=O) groups excluding carboxylic acids is 2. The summed E-state index contributed by atoms with van der Waals surface area (Å²) in [6.07, 6.45) is 0.507. The molecule has 0 radical (unpaired) electrons. The lowest BCUT2D eigenvalue weighted by molar-refractivity contribution is -0.148. The molecule has 0 bridgehead atoms. The maximum absolute atomic E-state index is 12.9. The van der Waals surface area contributed by atoms with E-state index in [1.54, 1.807) is 4.90 Å². The lowest BCUT2D eigenvalue weighted by Gasteiger charge is -2.34. The van der Waals surface area contributed by atoms with Crippen LogP contribution in [0.3, 0.4) is 0 Å². The third kappa shape index (κ3) is 4.03. The van der Waals surface area contributed by atoms with E-state index in [4.69, 9.17) is 4.74 Å². The summed E-state index contributed by atoms with van der Waals surface area (Å²) in [5.41, 5.74) is 2.70. The molecule has 3 rings (SSSR count). The molecule has 1 heterocycles. The molecule has 6 heteroatoms. The fraction of sp³-hybridized carbons (Fsp3) is 0.263. The normalized spacial score (nSPS) is 16.8. The molecule has 1 amide bonds. The molecule has 1 atom stereocenters. The summed E-state index contributed by atoms with van der Waals surface area (Å²) < 4.78 is 17.8. The number of fused-ring (bicyclic) bond motifs is 1. The average molecular weight is 342 g/mol. The van der Waals surface area contributed by atoms with Crippen LogP contribution < -0.4 is 5.32 Å². The minimum absolute atomic E-state index is 0.0471. The number of amides is 1. The van der Waals surface area contributed by atoms with Crippen LogP contribution >= 0.6 is 0 Å². The smallest absolute Gasteiger partial charge is 0.323 e. The minimum atomic E-state index is -0.501. The zero-order chi connectivity index (χ0) is 17.8. The molecular weight excluding hydrogens is 323 g/mol. The summed E-state index contributed by atoms with van der Waals surface area (Å²) in [5.74, 6) is -0.986. The minimum Gasteiger partial charge on any atom is -0.468 e. The molecule has 0 saturated heterocycles. The Morgan fingerprint density at radius 1 is 1.16 bits per heavy atom. The summed E-state index contributed by atoms with van der Waals surface area (Å²) >= 11 is 0. The van der Waals surface area contributed by atoms with Crippen molar-refractivity contribution >= 4 is 17.6 Å². The van der Waals surface area contributed by atoms with Crippen LogP contribution in [0.15, 0.2) is 48.5 Å². The van der Waals surface area contributed by atoms with Gasteiger partial charge in [-0.1, -0.05) is 24.3 Å². The van der Waals surface area contributed by atoms with Gasteiger partial charge in [0.25, 0.3) is 0 Å². The number of halogens is 1. The van der Waals surface area contributed by atoms with E-state index >= 15 is 0 Å². The molecule has 0 unspecified atom stereocenters. The van der Waals surface area contributed by atoms with Crippen molar-refractivity contribution in [3.63, 3.8) is 0 Å². The molecule has 25 heavy (non-hydrogen) atoms. The molecule has 0 aromatic heterocycles. The topological polar surface area (TPSA) is 58.6 Å². The Hall–Kier alpha value is -2.73. The van der Waals surface area contributed by atoms with Gasteiger partial charge in [-0.3, -0.25) is 14.5 Å². The van der Waals surface area contributed by atoms with Crippen LogP contribution in [0.4, 0.5) is 10.1 Å². The first-order chi connectivity index (χ1) is 12.1. The molecule has 1 N–H and O–H groups in total. The van der Waals surface area contributed by atoms with Crippen molar-refractivity contribution in [3.8, 4) is 0 Å². The maximum atomic E-state index is 12.9. The molecule has 0 saturated carbocycles. The molecule has 2 aromatic carbocycles. The number of benzene rings is 2. The van der Waals surface area contributed by atoms with Crippen LogP contribution in [0.5, 0.6) is 0 Å². The van der Waals surface area contributed by atoms with Gasteiger partial charge in [0.1, 0.15) is 11.9 Å². The van der Waals surface area contributed by atoms with Crippen LogP contribution in [0.2, 0.25) is 0 Å². The Kier molecular flexibility index (Phi) is 5.09. The van der Waals surface area contributed by atoms with Crippen LogP contribution in [0, 0.1) is 5.82 Å². The lowest BCUT2D eigenvalue weighted by atomic mass is 9.94. The Labute approximate surface area is 145 Å². The molecule has 0 aliphatic carbocycles. The number of esters is 1. The third-order valence-corrected chi connectivity index (χ3v) is 4.29. The summed E-state index contributed by atoms with van der Waals surface area (Å²) in [5, 5.41) is 2.72. The Bertz CT molecular complexity index is 776. The van der Waals surface area contributed by atoms with Gasteiger partial charge in [0, 0.05) is 12.2 Å². The van der Waals surface area contributed by atoms with Crippen molar-refractivity contribution in [2.75, 3.05) is 19.0 Å². The zero-order valence-corrected chi connectivity index (χ0v) is 13.9. The molecule has 1 aliphatic heterocycles. The standard InChI is InChI=1S/C19H19FN2O3/c1-25-19(24)17-10-13-4-2-3-5-14(13)11-22(17)12-18(23)21-16-8-6-15(20)7-9-16/h2-9,17H,10-12H2,1H3,(H,21,23)/t17-/m1/s1. The zero-order valence-electron chi connectivity index (χ0n) is 13.9. The van der Waals surface area contributed by atoms with Gasteiger partial charge in [-0.25, -0.2) is 4.39 Å². The fourth-order valence-electron chi connectivity index (χ4n) is 3.03. The van der Waals surface area contributed by atoms with Gasteiger partial charge in [-0.15, -0.1) is 0 Å². The van der Waals surface area contributed by atoms with Crippen LogP contribution in [0.25, 0.3) is 0 Å². The number of methoxy groups -OCH3 is 1. The van der Waals surface area contributed by atoms with Crippen LogP contribution in [-0.2, 0) is 27.3 Å². The first-order valence-corrected chi connectivity index (χ1v) is 8.01. The van der Waals surface area contributed by atoms with E-state index in [0.717, 1.165) is 11.1 Å². The van der Waals surface area contributed by atoms with E-state index in [9.17, 15) is 14.0 Å². The first kappa shape index (κ1) is 17.1. The fourth-order valence-corrected chi connectivity index (χ4v) is 3.03. The van der Waals surface area contributed by atoms with Gasteiger partial charge in [-0.05, 0) is 41.8 Å². The molecule has 1 aliphatic rings. The third-order valence-electron chi connectivity index (χ3n) is 4.29. The van der Waals surface area contributed by atoms with Gasteiger partial charge in [-0.2, -0.15) is 0 Å². The van der Waals surface area contributed by atoms with Crippen LogP contribution in [-0.4, -0.2) is 36.5 Å². The monoisotopic (exact) mass is 342 g/mol. The van der Waals surface area contributed by atoms with Crippen molar-refractivity contribution < 1.29 is 18.7 Å². The lowest BCUT2D eigenvalue weighted by Crippen LogP contribution is -2.49. The number of anilines is 1. The summed E-state index contributed by atoms with van der Waals surface area (Å²) in [7, 11) is 1.35. The summed E-state index contributed by atoms with van der Waals surface area (Å²) in [6, 6.07) is 12.9. The Morgan fingerprint density at radius 2 is 1.84 bits per heavy atom. The first-order valence-electron chi connectivity index (χ1n) is 8.01. The Morgan fingerprint density at radius 3 is 2.52 bits per heavy atom.